The van der Waals surface area contributed by atoms with Gasteiger partial charge in [-0.25, -0.2) is 0 Å². The van der Waals surface area contributed by atoms with Crippen molar-refractivity contribution in [2.45, 2.75) is 31.7 Å². The van der Waals surface area contributed by atoms with Gasteiger partial charge in [0.2, 0.25) is 0 Å². The van der Waals surface area contributed by atoms with Crippen molar-refractivity contribution in [3.63, 3.8) is 0 Å². The first kappa shape index (κ1) is 7.08. The highest BCUT2D eigenvalue weighted by molar-refractivity contribution is 4.84. The van der Waals surface area contributed by atoms with E-state index >= 15 is 0 Å². The van der Waals surface area contributed by atoms with E-state index in [-0.39, 0.29) is 12.4 Å². The van der Waals surface area contributed by atoms with Gasteiger partial charge in [-0.15, -0.1) is 0 Å². The van der Waals surface area contributed by atoms with Crippen LogP contribution < -0.4 is 0 Å². The summed E-state index contributed by atoms with van der Waals surface area (Å²) in [7, 11) is 0. The quantitative estimate of drug-likeness (QED) is 0.595. The lowest BCUT2D eigenvalue weighted by Crippen LogP contribution is -2.13. The molecule has 2 aliphatic rings. The molecule has 0 spiro atoms. The third-order valence-electron chi connectivity index (χ3n) is 2.10. The Morgan fingerprint density at radius 1 is 1.45 bits per heavy atom. The second-order valence-electron chi connectivity index (χ2n) is 3.16. The second kappa shape index (κ2) is 2.80. The van der Waals surface area contributed by atoms with Gasteiger partial charge in [0.25, 0.3) is 0 Å². The molecule has 2 rings (SSSR count). The fraction of sp³-hybridized carbons (Fsp3) is 0.875. The van der Waals surface area contributed by atoms with Crippen LogP contribution in [0, 0.1) is 17.2 Å². The van der Waals surface area contributed by atoms with Crippen molar-refractivity contribution in [3.05, 3.63) is 0 Å². The molecule has 3 heteroatoms. The van der Waals surface area contributed by atoms with Gasteiger partial charge in [-0.3, -0.25) is 0 Å². The molecule has 0 aromatic heterocycles. The minimum absolute atomic E-state index is 0.00773. The Bertz CT molecular complexity index is 183. The molecule has 2 unspecified atom stereocenters. The molecule has 0 radical (unpaired) electrons. The first-order valence-electron chi connectivity index (χ1n) is 4.04. The van der Waals surface area contributed by atoms with Gasteiger partial charge in [-0.2, -0.15) is 5.26 Å². The maximum Gasteiger partial charge on any atom is 0.161 e. The second-order valence-corrected chi connectivity index (χ2v) is 3.16. The summed E-state index contributed by atoms with van der Waals surface area (Å²) in [5.74, 6) is 0.624. The largest absolute Gasteiger partial charge is 0.350 e. The first-order chi connectivity index (χ1) is 5.40. The van der Waals surface area contributed by atoms with Gasteiger partial charge in [0.05, 0.1) is 25.2 Å². The third kappa shape index (κ3) is 1.52. The first-order valence-corrected chi connectivity index (χ1v) is 4.04. The third-order valence-corrected chi connectivity index (χ3v) is 2.10. The molecular formula is C8H11NO2. The van der Waals surface area contributed by atoms with Crippen molar-refractivity contribution in [2.24, 2.45) is 5.92 Å². The summed E-state index contributed by atoms with van der Waals surface area (Å²) in [6, 6.07) is 2.08. The molecule has 1 heterocycles. The summed E-state index contributed by atoms with van der Waals surface area (Å²) in [5, 5.41) is 8.38. The molecule has 0 bridgehead atoms. The molecule has 2 atom stereocenters. The van der Waals surface area contributed by atoms with Crippen LogP contribution >= 0.6 is 0 Å². The smallest absolute Gasteiger partial charge is 0.161 e. The Labute approximate surface area is 65.9 Å². The van der Waals surface area contributed by atoms with Gasteiger partial charge < -0.3 is 9.47 Å². The Morgan fingerprint density at radius 3 is 2.91 bits per heavy atom. The van der Waals surface area contributed by atoms with Crippen LogP contribution in [0.15, 0.2) is 0 Å². The van der Waals surface area contributed by atoms with Crippen LogP contribution in [0.3, 0.4) is 0 Å². The molecule has 1 saturated carbocycles. The van der Waals surface area contributed by atoms with Crippen molar-refractivity contribution >= 4 is 0 Å². The fourth-order valence-electron chi connectivity index (χ4n) is 1.29. The van der Waals surface area contributed by atoms with Crippen LogP contribution in [0.25, 0.3) is 0 Å². The van der Waals surface area contributed by atoms with E-state index in [4.69, 9.17) is 14.7 Å². The van der Waals surface area contributed by atoms with Gasteiger partial charge in [0, 0.05) is 5.92 Å². The van der Waals surface area contributed by atoms with E-state index < -0.39 is 0 Å². The topological polar surface area (TPSA) is 42.2 Å². The fourth-order valence-corrected chi connectivity index (χ4v) is 1.29. The summed E-state index contributed by atoms with van der Waals surface area (Å²) >= 11 is 0. The Balaban J connectivity index is 1.79. The Kier molecular flexibility index (Phi) is 1.80. The van der Waals surface area contributed by atoms with E-state index in [9.17, 15) is 0 Å². The van der Waals surface area contributed by atoms with Gasteiger partial charge in [0.1, 0.15) is 0 Å². The average Bonchev–Trinajstić information content (AvgIpc) is 2.75. The standard InChI is InChI=1S/C8H11NO2/c9-4-3-7-5-10-8(11-7)6-1-2-6/h6-8H,1-3,5H2. The van der Waals surface area contributed by atoms with Crippen molar-refractivity contribution < 1.29 is 9.47 Å². The molecule has 0 aromatic rings. The maximum absolute atomic E-state index is 8.38. The molecule has 60 valence electrons. The predicted molar refractivity (Wildman–Crippen MR) is 37.6 cm³/mol. The zero-order valence-electron chi connectivity index (χ0n) is 6.32. The average molecular weight is 153 g/mol. The SMILES string of the molecule is N#CCC1COC(C2CC2)O1. The van der Waals surface area contributed by atoms with Crippen LogP contribution in [0.2, 0.25) is 0 Å². The normalized spacial score (nSPS) is 37.0. The van der Waals surface area contributed by atoms with Crippen molar-refractivity contribution in [2.75, 3.05) is 6.61 Å². The predicted octanol–water partition coefficient (Wildman–Crippen LogP) is 1.05. The van der Waals surface area contributed by atoms with Gasteiger partial charge >= 0.3 is 0 Å². The number of hydrogen-bond acceptors (Lipinski definition) is 3. The van der Waals surface area contributed by atoms with E-state index in [0.717, 1.165) is 0 Å². The van der Waals surface area contributed by atoms with Gasteiger partial charge in [-0.05, 0) is 12.8 Å². The van der Waals surface area contributed by atoms with Gasteiger partial charge in [-0.1, -0.05) is 0 Å². The molecule has 0 N–H and O–H groups in total. The molecule has 1 saturated heterocycles. The monoisotopic (exact) mass is 153 g/mol. The molecule has 0 amide bonds. The Hall–Kier alpha value is -0.590. The van der Waals surface area contributed by atoms with Crippen LogP contribution in [0.1, 0.15) is 19.3 Å². The van der Waals surface area contributed by atoms with E-state index in [1.807, 2.05) is 0 Å². The Morgan fingerprint density at radius 2 is 2.27 bits per heavy atom. The molecule has 2 fully saturated rings. The maximum atomic E-state index is 8.38. The number of rotatable bonds is 2. The molecule has 11 heavy (non-hydrogen) atoms. The highest BCUT2D eigenvalue weighted by atomic mass is 16.7. The van der Waals surface area contributed by atoms with E-state index in [2.05, 4.69) is 6.07 Å². The zero-order chi connectivity index (χ0) is 7.68. The minimum Gasteiger partial charge on any atom is -0.350 e. The lowest BCUT2D eigenvalue weighted by Gasteiger charge is -2.06. The highest BCUT2D eigenvalue weighted by Gasteiger charge is 2.38. The van der Waals surface area contributed by atoms with Crippen molar-refractivity contribution in [3.8, 4) is 6.07 Å². The molecule has 1 aliphatic heterocycles. The summed E-state index contributed by atoms with van der Waals surface area (Å²) in [6.07, 6.45) is 2.95. The van der Waals surface area contributed by atoms with E-state index in [0.29, 0.717) is 18.9 Å². The molecule has 1 aliphatic carbocycles. The number of ether oxygens (including phenoxy) is 2. The van der Waals surface area contributed by atoms with E-state index in [1.54, 1.807) is 0 Å². The summed E-state index contributed by atoms with van der Waals surface area (Å²) < 4.78 is 10.8. The van der Waals surface area contributed by atoms with Crippen LogP contribution in [-0.4, -0.2) is 19.0 Å². The summed E-state index contributed by atoms with van der Waals surface area (Å²) in [6.45, 7) is 0.606. The van der Waals surface area contributed by atoms with Crippen LogP contribution in [0.5, 0.6) is 0 Å². The highest BCUT2D eigenvalue weighted by Crippen LogP contribution is 2.37. The molecule has 0 aromatic carbocycles. The molecular weight excluding hydrogens is 142 g/mol. The van der Waals surface area contributed by atoms with Crippen molar-refractivity contribution in [1.29, 1.82) is 5.26 Å². The van der Waals surface area contributed by atoms with Crippen LogP contribution in [-0.2, 0) is 9.47 Å². The number of hydrogen-bond donors (Lipinski definition) is 0. The molecule has 3 nitrogen and oxygen atoms in total. The lowest BCUT2D eigenvalue weighted by atomic mass is 10.3. The number of nitrogens with zero attached hydrogens (tertiary/aromatic N) is 1. The summed E-state index contributed by atoms with van der Waals surface area (Å²) in [4.78, 5) is 0. The van der Waals surface area contributed by atoms with E-state index in [1.165, 1.54) is 12.8 Å². The minimum atomic E-state index is 0.00773. The number of nitriles is 1. The zero-order valence-corrected chi connectivity index (χ0v) is 6.32. The lowest BCUT2D eigenvalue weighted by molar-refractivity contribution is -0.0712. The van der Waals surface area contributed by atoms with Gasteiger partial charge in [0.15, 0.2) is 6.29 Å². The van der Waals surface area contributed by atoms with Crippen molar-refractivity contribution in [1.82, 2.24) is 0 Å². The summed E-state index contributed by atoms with van der Waals surface area (Å²) in [5.41, 5.74) is 0. The van der Waals surface area contributed by atoms with Crippen LogP contribution in [0.4, 0.5) is 0 Å².